The molecule has 85 heavy (non-hydrogen) atoms. The molecule has 4 N–H and O–H groups in total. The first-order valence-corrected chi connectivity index (χ1v) is 39.5. The molecule has 0 radical (unpaired) electrons. The van der Waals surface area contributed by atoms with Gasteiger partial charge in [-0.2, -0.15) is 0 Å². The van der Waals surface area contributed by atoms with Crippen molar-refractivity contribution in [3.8, 4) is 34.9 Å². The van der Waals surface area contributed by atoms with Crippen LogP contribution < -0.4 is 29.6 Å². The van der Waals surface area contributed by atoms with Gasteiger partial charge in [0.05, 0.1) is 48.2 Å². The normalized spacial score (nSPS) is 12.9. The highest BCUT2D eigenvalue weighted by atomic mass is 127. The van der Waals surface area contributed by atoms with Gasteiger partial charge >= 0.3 is 0 Å². The Hall–Kier alpha value is -6.62. The summed E-state index contributed by atoms with van der Waals surface area (Å²) in [5, 5.41) is 7.33. The Morgan fingerprint density at radius 3 is 1.07 bits per heavy atom. The first kappa shape index (κ1) is 67.5. The van der Waals surface area contributed by atoms with Crippen molar-refractivity contribution in [2.24, 2.45) is 0 Å². The van der Waals surface area contributed by atoms with Gasteiger partial charge in [-0.05, 0) is 168 Å². The molecule has 0 spiro atoms. The smallest absolute Gasteiger partial charge is 0.241 e. The van der Waals surface area contributed by atoms with Crippen LogP contribution in [0.4, 0.5) is 0 Å². The molecule has 0 fully saturated rings. The molecule has 8 aromatic rings. The maximum atomic E-state index is 13.8. The largest absolute Gasteiger partial charge is 0.497 e. The minimum Gasteiger partial charge on any atom is -0.497 e. The second-order valence-electron chi connectivity index (χ2n) is 22.5. The van der Waals surface area contributed by atoms with Gasteiger partial charge in [-0.25, -0.2) is 26.3 Å². The van der Waals surface area contributed by atoms with E-state index >= 15 is 0 Å². The molecule has 8 rings (SSSR count). The van der Waals surface area contributed by atoms with Crippen molar-refractivity contribution in [1.82, 2.24) is 20.1 Å². The van der Waals surface area contributed by atoms with Crippen molar-refractivity contribution < 1.29 is 26.3 Å². The topological polar surface area (TPSA) is 135 Å². The van der Waals surface area contributed by atoms with Crippen molar-refractivity contribution in [2.45, 2.75) is 98.9 Å². The van der Waals surface area contributed by atoms with Gasteiger partial charge in [0, 0.05) is 9.13 Å². The Balaban J connectivity index is 0.000000250. The first-order valence-electron chi connectivity index (χ1n) is 28.5. The molecule has 0 unspecified atom stereocenters. The fraction of sp³-hybridized carbons (Fsp3) is 0.257. The highest BCUT2D eigenvalue weighted by Gasteiger charge is 2.31. The van der Waals surface area contributed by atoms with Crippen LogP contribution in [0.5, 0.6) is 11.5 Å². The summed E-state index contributed by atoms with van der Waals surface area (Å²) < 4.78 is 72.0. The fourth-order valence-electron chi connectivity index (χ4n) is 8.90. The lowest BCUT2D eigenvalue weighted by Crippen LogP contribution is -2.39. The Bertz CT molecular complexity index is 3600. The summed E-state index contributed by atoms with van der Waals surface area (Å²) in [4.78, 5) is 0.466. The minimum absolute atomic E-state index is 0.216. The molecule has 0 bridgehead atoms. The summed E-state index contributed by atoms with van der Waals surface area (Å²) in [6.45, 7) is 14.4. The summed E-state index contributed by atoms with van der Waals surface area (Å²) in [7, 11) is -6.91. The number of hydrogen-bond acceptors (Lipinski definition) is 8. The SMILES string of the molecule is C#C[Si](C)(C)C.COc1ccc(CCCN[C@H](c2ccccc2)[C@H](NS(=O)(=O)c2ccc(C#C[Si](C)(C)C)cc2)c2ccccc2)cc1.COc1ccc(CCCN[C@H](c2ccccc2)[C@H](NS(=O)(=O)c2ccc(I)cc2)c2ccccc2)cc1. The van der Waals surface area contributed by atoms with Crippen LogP contribution in [-0.4, -0.2) is 60.3 Å². The van der Waals surface area contributed by atoms with Crippen LogP contribution in [0.25, 0.3) is 0 Å². The lowest BCUT2D eigenvalue weighted by atomic mass is 9.94. The maximum Gasteiger partial charge on any atom is 0.241 e. The summed E-state index contributed by atoms with van der Waals surface area (Å²) in [5.74, 6) is 4.88. The van der Waals surface area contributed by atoms with E-state index in [4.69, 9.17) is 15.9 Å². The number of terminal acetylenes is 1. The van der Waals surface area contributed by atoms with Gasteiger partial charge in [0.25, 0.3) is 0 Å². The molecular weight excluding hydrogens is 1240 g/mol. The third kappa shape index (κ3) is 23.0. The number of nitrogens with one attached hydrogen (secondary N) is 4. The molecule has 0 heterocycles. The van der Waals surface area contributed by atoms with Gasteiger partial charge in [0.1, 0.15) is 27.6 Å². The number of ether oxygens (including phenoxy) is 2. The van der Waals surface area contributed by atoms with E-state index in [1.54, 1.807) is 62.8 Å². The summed E-state index contributed by atoms with van der Waals surface area (Å²) >= 11 is 2.17. The quantitative estimate of drug-likeness (QED) is 0.0203. The fourth-order valence-corrected chi connectivity index (χ4v) is 12.3. The molecule has 0 saturated carbocycles. The van der Waals surface area contributed by atoms with E-state index in [1.165, 1.54) is 11.1 Å². The second-order valence-corrected chi connectivity index (χ2v) is 36.7. The molecule has 8 aromatic carbocycles. The van der Waals surface area contributed by atoms with Crippen molar-refractivity contribution in [3.63, 3.8) is 0 Å². The number of benzene rings is 8. The number of methoxy groups -OCH3 is 2. The van der Waals surface area contributed by atoms with Crippen molar-refractivity contribution in [3.05, 3.63) is 261 Å². The number of hydrogen-bond donors (Lipinski definition) is 4. The van der Waals surface area contributed by atoms with Gasteiger partial charge in [-0.3, -0.25) is 0 Å². The van der Waals surface area contributed by atoms with E-state index in [9.17, 15) is 16.8 Å². The molecule has 0 aliphatic rings. The molecule has 15 heteroatoms. The number of rotatable bonds is 24. The van der Waals surface area contributed by atoms with E-state index in [1.807, 2.05) is 146 Å². The molecule has 0 aliphatic carbocycles. The average Bonchev–Trinajstić information content (AvgIpc) is 3.59. The highest BCUT2D eigenvalue weighted by Crippen LogP contribution is 2.33. The summed E-state index contributed by atoms with van der Waals surface area (Å²) in [5.41, 5.74) is 13.2. The van der Waals surface area contributed by atoms with E-state index in [-0.39, 0.29) is 21.9 Å². The Morgan fingerprint density at radius 1 is 0.447 bits per heavy atom. The molecule has 0 saturated heterocycles. The summed E-state index contributed by atoms with van der Waals surface area (Å²) in [6.07, 6.45) is 8.72. The van der Waals surface area contributed by atoms with Gasteiger partial charge in [0.15, 0.2) is 0 Å². The second kappa shape index (κ2) is 33.3. The average molecular weight is 1320 g/mol. The zero-order chi connectivity index (χ0) is 61.3. The van der Waals surface area contributed by atoms with Crippen LogP contribution in [0, 0.1) is 27.0 Å². The molecule has 444 valence electrons. The lowest BCUT2D eigenvalue weighted by molar-refractivity contribution is 0.414. The molecule has 0 aromatic heterocycles. The van der Waals surface area contributed by atoms with E-state index in [0.29, 0.717) is 6.54 Å². The predicted octanol–water partition coefficient (Wildman–Crippen LogP) is 14.7. The van der Waals surface area contributed by atoms with Gasteiger partial charge < -0.3 is 20.1 Å². The molecule has 0 aliphatic heterocycles. The van der Waals surface area contributed by atoms with E-state index < -0.39 is 48.3 Å². The van der Waals surface area contributed by atoms with Gasteiger partial charge in [0.2, 0.25) is 20.0 Å². The van der Waals surface area contributed by atoms with Gasteiger partial charge in [-0.1, -0.05) is 191 Å². The Kier molecular flexibility index (Phi) is 26.5. The van der Waals surface area contributed by atoms with Crippen LogP contribution in [0.15, 0.2) is 228 Å². The number of sulfonamides is 2. The van der Waals surface area contributed by atoms with Crippen LogP contribution in [0.3, 0.4) is 0 Å². The number of halogens is 1. The van der Waals surface area contributed by atoms with Crippen molar-refractivity contribution >= 4 is 58.8 Å². The molecule has 10 nitrogen and oxygen atoms in total. The predicted molar refractivity (Wildman–Crippen MR) is 364 cm³/mol. The summed E-state index contributed by atoms with van der Waals surface area (Å²) in [6, 6.07) is 67.9. The van der Waals surface area contributed by atoms with E-state index in [0.717, 1.165) is 75.1 Å². The first-order chi connectivity index (χ1) is 40.7. The standard InChI is InChI=1S/C35H40N2O3SSi.C30H31IN2O3S.C5H10Si/c1-40-32-21-17-28(18-22-32)12-11-26-36-34(30-13-7-5-8-14-30)35(31-15-9-6-10-16-31)37-41(38,39)33-23-19-29(20-24-33)25-27-42(2,3)4;1-36-27-18-14-23(15-19-27)9-8-22-32-29(24-10-4-2-5-11-24)30(25-12-6-3-7-13-25)33-37(34,35)28-20-16-26(31)17-21-28;1-5-6(2,3)4/h5-10,13-24,34-37H,11-12,26H2,1-4H3;2-7,10-21,29-30,32-33H,8-9,22H2,1H3;1H,2-4H3/t34-,35-;29-,30-;/m11./s1. The Morgan fingerprint density at radius 2 is 0.765 bits per heavy atom. The van der Waals surface area contributed by atoms with Crippen molar-refractivity contribution in [2.75, 3.05) is 27.3 Å². The maximum absolute atomic E-state index is 13.8. The number of aryl methyl sites for hydroxylation is 2. The van der Waals surface area contributed by atoms with E-state index in [2.05, 4.69) is 123 Å². The zero-order valence-electron chi connectivity index (χ0n) is 50.1. The van der Waals surface area contributed by atoms with Crippen LogP contribution in [0.2, 0.25) is 39.3 Å². The molecule has 4 atom stereocenters. The van der Waals surface area contributed by atoms with Crippen LogP contribution in [-0.2, 0) is 32.9 Å². The molecular formula is C70H81IN4O6S2Si2. The third-order valence-electron chi connectivity index (χ3n) is 13.5. The minimum atomic E-state index is -3.84. The third-order valence-corrected chi connectivity index (χ3v) is 18.9. The molecule has 0 amide bonds. The zero-order valence-corrected chi connectivity index (χ0v) is 55.8. The Labute approximate surface area is 523 Å². The van der Waals surface area contributed by atoms with Crippen molar-refractivity contribution in [1.29, 1.82) is 0 Å². The lowest BCUT2D eigenvalue weighted by Gasteiger charge is -2.30. The highest BCUT2D eigenvalue weighted by molar-refractivity contribution is 14.1. The monoisotopic (exact) mass is 1320 g/mol. The van der Waals surface area contributed by atoms with Crippen LogP contribution in [0.1, 0.15) is 76.0 Å². The van der Waals surface area contributed by atoms with Gasteiger partial charge in [-0.15, -0.1) is 17.5 Å². The van der Waals surface area contributed by atoms with Crippen LogP contribution >= 0.6 is 22.6 Å².